The minimum absolute atomic E-state index is 0.434. The smallest absolute Gasteiger partial charge is 0.0948 e. The third-order valence-electron chi connectivity index (χ3n) is 4.98. The van der Waals surface area contributed by atoms with Crippen LogP contribution in [0.15, 0.2) is 49.2 Å². The summed E-state index contributed by atoms with van der Waals surface area (Å²) >= 11 is 6.49. The summed E-state index contributed by atoms with van der Waals surface area (Å²) in [5.74, 6) is 0. The summed E-state index contributed by atoms with van der Waals surface area (Å²) in [5.41, 5.74) is 5.94. The number of pyridine rings is 1. The van der Waals surface area contributed by atoms with E-state index in [0.29, 0.717) is 17.9 Å². The van der Waals surface area contributed by atoms with Gasteiger partial charge in [0, 0.05) is 30.1 Å². The van der Waals surface area contributed by atoms with Crippen LogP contribution in [0, 0.1) is 11.3 Å². The van der Waals surface area contributed by atoms with Crippen molar-refractivity contribution in [3.05, 3.63) is 70.9 Å². The van der Waals surface area contributed by atoms with E-state index < -0.39 is 0 Å². The molecule has 6 nitrogen and oxygen atoms in total. The Morgan fingerprint density at radius 1 is 1.07 bits per heavy atom. The molecule has 0 aliphatic carbocycles. The molecule has 0 aliphatic heterocycles. The van der Waals surface area contributed by atoms with Crippen molar-refractivity contribution in [3.8, 4) is 17.5 Å². The fourth-order valence-corrected chi connectivity index (χ4v) is 3.68. The third kappa shape index (κ3) is 4.10. The number of aryl methyl sites for hydroxylation is 4. The molecule has 4 rings (SSSR count). The Morgan fingerprint density at radius 3 is 2.69 bits per heavy atom. The molecule has 144 valence electrons. The Hall–Kier alpha value is -3.30. The first-order chi connectivity index (χ1) is 14.2. The summed E-state index contributed by atoms with van der Waals surface area (Å²) in [6.45, 7) is 0. The highest BCUT2D eigenvalue weighted by Crippen LogP contribution is 2.30. The van der Waals surface area contributed by atoms with Gasteiger partial charge in [0.15, 0.2) is 0 Å². The monoisotopic (exact) mass is 402 g/mol. The van der Waals surface area contributed by atoms with Crippen LogP contribution < -0.4 is 0 Å². The van der Waals surface area contributed by atoms with E-state index in [0.717, 1.165) is 46.3 Å². The van der Waals surface area contributed by atoms with Crippen molar-refractivity contribution in [2.45, 2.75) is 25.7 Å². The van der Waals surface area contributed by atoms with E-state index in [4.69, 9.17) is 21.8 Å². The molecule has 0 radical (unpaired) electrons. The van der Waals surface area contributed by atoms with Gasteiger partial charge in [-0.3, -0.25) is 0 Å². The van der Waals surface area contributed by atoms with Crippen LogP contribution in [0.2, 0.25) is 5.02 Å². The molecule has 3 heterocycles. The number of hydrogen-bond acceptors (Lipinski definition) is 5. The molecule has 1 aromatic carbocycles. The van der Waals surface area contributed by atoms with Gasteiger partial charge < -0.3 is 4.57 Å². The van der Waals surface area contributed by atoms with Gasteiger partial charge in [0.05, 0.1) is 41.7 Å². The molecule has 0 saturated heterocycles. The average molecular weight is 403 g/mol. The molecule has 0 N–H and O–H groups in total. The predicted octanol–water partition coefficient (Wildman–Crippen LogP) is 4.32. The van der Waals surface area contributed by atoms with Gasteiger partial charge >= 0.3 is 0 Å². The fraction of sp³-hybridized carbons (Fsp3) is 0.227. The zero-order valence-corrected chi connectivity index (χ0v) is 16.8. The van der Waals surface area contributed by atoms with Crippen molar-refractivity contribution in [1.29, 1.82) is 5.26 Å². The molecule has 0 aliphatic rings. The average Bonchev–Trinajstić information content (AvgIpc) is 3.17. The minimum atomic E-state index is 0.434. The van der Waals surface area contributed by atoms with E-state index in [9.17, 15) is 0 Å². The zero-order chi connectivity index (χ0) is 20.2. The summed E-state index contributed by atoms with van der Waals surface area (Å²) in [6, 6.07) is 10.3. The van der Waals surface area contributed by atoms with Gasteiger partial charge in [-0.2, -0.15) is 15.5 Å². The van der Waals surface area contributed by atoms with Gasteiger partial charge in [-0.15, -0.1) is 0 Å². The highest BCUT2D eigenvalue weighted by Gasteiger charge is 2.13. The Balaban J connectivity index is 1.81. The van der Waals surface area contributed by atoms with Crippen molar-refractivity contribution in [2.75, 3.05) is 0 Å². The molecule has 4 aromatic rings. The van der Waals surface area contributed by atoms with Gasteiger partial charge in [-0.05, 0) is 60.2 Å². The van der Waals surface area contributed by atoms with E-state index >= 15 is 0 Å². The van der Waals surface area contributed by atoms with E-state index in [2.05, 4.69) is 33.4 Å². The lowest BCUT2D eigenvalue weighted by Crippen LogP contribution is -2.00. The zero-order valence-electron chi connectivity index (χ0n) is 16.0. The lowest BCUT2D eigenvalue weighted by molar-refractivity contribution is 0.910. The second-order valence-corrected chi connectivity index (χ2v) is 7.33. The number of imidazole rings is 1. The fourth-order valence-electron chi connectivity index (χ4n) is 3.43. The molecule has 29 heavy (non-hydrogen) atoms. The van der Waals surface area contributed by atoms with Crippen LogP contribution in [0.3, 0.4) is 0 Å². The summed E-state index contributed by atoms with van der Waals surface area (Å²) in [7, 11) is 1.95. The van der Waals surface area contributed by atoms with Crippen molar-refractivity contribution in [1.82, 2.24) is 24.7 Å². The molecule has 0 atom stereocenters. The van der Waals surface area contributed by atoms with Crippen LogP contribution >= 0.6 is 11.6 Å². The highest BCUT2D eigenvalue weighted by molar-refractivity contribution is 6.32. The lowest BCUT2D eigenvalue weighted by Gasteiger charge is -2.13. The maximum atomic E-state index is 8.94. The normalized spacial score (nSPS) is 10.9. The van der Waals surface area contributed by atoms with E-state index in [-0.39, 0.29) is 0 Å². The SMILES string of the molecule is Cn1cncc1-c1cc(CCc2ccnnc2)c2cc(CCC#N)c(Cl)cc2n1. The molecular weight excluding hydrogens is 384 g/mol. The Kier molecular flexibility index (Phi) is 5.50. The third-order valence-corrected chi connectivity index (χ3v) is 5.33. The quantitative estimate of drug-likeness (QED) is 0.479. The maximum Gasteiger partial charge on any atom is 0.0948 e. The number of aromatic nitrogens is 5. The van der Waals surface area contributed by atoms with Gasteiger partial charge in [0.2, 0.25) is 0 Å². The van der Waals surface area contributed by atoms with Crippen molar-refractivity contribution >= 4 is 22.5 Å². The van der Waals surface area contributed by atoms with Crippen molar-refractivity contribution in [2.24, 2.45) is 7.05 Å². The maximum absolute atomic E-state index is 8.94. The first kappa shape index (κ1) is 19.0. The predicted molar refractivity (Wildman–Crippen MR) is 112 cm³/mol. The molecule has 0 unspecified atom stereocenters. The minimum Gasteiger partial charge on any atom is -0.332 e. The molecule has 0 saturated carbocycles. The molecule has 7 heteroatoms. The number of fused-ring (bicyclic) bond motifs is 1. The second-order valence-electron chi connectivity index (χ2n) is 6.93. The van der Waals surface area contributed by atoms with Crippen LogP contribution in [0.1, 0.15) is 23.1 Å². The summed E-state index contributed by atoms with van der Waals surface area (Å²) < 4.78 is 1.95. The molecule has 0 spiro atoms. The Morgan fingerprint density at radius 2 is 1.97 bits per heavy atom. The lowest BCUT2D eigenvalue weighted by atomic mass is 9.98. The van der Waals surface area contributed by atoms with Crippen LogP contribution in [0.4, 0.5) is 0 Å². The molecule has 0 amide bonds. The van der Waals surface area contributed by atoms with Crippen LogP contribution in [-0.4, -0.2) is 24.7 Å². The molecule has 3 aromatic heterocycles. The summed E-state index contributed by atoms with van der Waals surface area (Å²) in [4.78, 5) is 9.06. The van der Waals surface area contributed by atoms with Gasteiger partial charge in [0.25, 0.3) is 0 Å². The summed E-state index contributed by atoms with van der Waals surface area (Å²) in [6.07, 6.45) is 9.81. The first-order valence-corrected chi connectivity index (χ1v) is 9.75. The van der Waals surface area contributed by atoms with E-state index in [1.807, 2.05) is 29.9 Å². The summed E-state index contributed by atoms with van der Waals surface area (Å²) in [5, 5.41) is 18.5. The highest BCUT2D eigenvalue weighted by atomic mass is 35.5. The molecule has 0 bridgehead atoms. The number of halogens is 1. The number of nitrogens with zero attached hydrogens (tertiary/aromatic N) is 6. The Bertz CT molecular complexity index is 1190. The number of benzene rings is 1. The van der Waals surface area contributed by atoms with Gasteiger partial charge in [-0.1, -0.05) is 11.6 Å². The first-order valence-electron chi connectivity index (χ1n) is 9.37. The van der Waals surface area contributed by atoms with Gasteiger partial charge in [-0.25, -0.2) is 9.97 Å². The van der Waals surface area contributed by atoms with E-state index in [1.54, 1.807) is 18.7 Å². The van der Waals surface area contributed by atoms with E-state index in [1.165, 1.54) is 5.56 Å². The largest absolute Gasteiger partial charge is 0.332 e. The molecule has 0 fully saturated rings. The Labute approximate surface area is 173 Å². The van der Waals surface area contributed by atoms with Crippen LogP contribution in [0.5, 0.6) is 0 Å². The topological polar surface area (TPSA) is 80.3 Å². The standard InChI is InChI=1S/C22H19ClN6/c1-29-14-25-13-22(29)21-10-16(5-4-15-6-8-26-27-12-15)18-9-17(3-2-7-24)19(23)11-20(18)28-21/h6,8-14H,2-5H2,1H3. The number of rotatable bonds is 6. The second kappa shape index (κ2) is 8.38. The van der Waals surface area contributed by atoms with Crippen molar-refractivity contribution < 1.29 is 0 Å². The van der Waals surface area contributed by atoms with Gasteiger partial charge in [0.1, 0.15) is 0 Å². The van der Waals surface area contributed by atoms with Crippen LogP contribution in [-0.2, 0) is 26.3 Å². The van der Waals surface area contributed by atoms with Crippen LogP contribution in [0.25, 0.3) is 22.3 Å². The molecular formula is C22H19ClN6. The number of nitriles is 1. The number of hydrogen-bond donors (Lipinski definition) is 0. The van der Waals surface area contributed by atoms with Crippen molar-refractivity contribution in [3.63, 3.8) is 0 Å².